The Morgan fingerprint density at radius 1 is 1.24 bits per heavy atom. The minimum absolute atomic E-state index is 0.0772. The van der Waals surface area contributed by atoms with Crippen molar-refractivity contribution in [2.75, 3.05) is 0 Å². The largest absolute Gasteiger partial charge is 0.382 e. The van der Waals surface area contributed by atoms with Crippen molar-refractivity contribution in [1.82, 2.24) is 24.7 Å². The Kier molecular flexibility index (Phi) is 4.73. The first kappa shape index (κ1) is 17.4. The first-order valence-electron chi connectivity index (χ1n) is 7.38. The second-order valence-electron chi connectivity index (χ2n) is 5.63. The monoisotopic (exact) mass is 365 g/mol. The summed E-state index contributed by atoms with van der Waals surface area (Å²) in [5.74, 6) is -2.30. The predicted octanol–water partition coefficient (Wildman–Crippen LogP) is 2.69. The van der Waals surface area contributed by atoms with Crippen LogP contribution in [-0.4, -0.2) is 29.8 Å². The second-order valence-corrected chi connectivity index (χ2v) is 6.02. The summed E-state index contributed by atoms with van der Waals surface area (Å²) in [5.41, 5.74) is -1.44. The van der Waals surface area contributed by atoms with Gasteiger partial charge in [-0.3, -0.25) is 0 Å². The second kappa shape index (κ2) is 6.81. The molecular weight excluding hydrogens is 352 g/mol. The molecule has 0 saturated carbocycles. The van der Waals surface area contributed by atoms with Crippen LogP contribution in [0.3, 0.4) is 0 Å². The van der Waals surface area contributed by atoms with Gasteiger partial charge in [-0.15, -0.1) is 0 Å². The summed E-state index contributed by atoms with van der Waals surface area (Å²) in [4.78, 5) is 11.7. The molecule has 0 spiro atoms. The van der Waals surface area contributed by atoms with Gasteiger partial charge in [-0.1, -0.05) is 24.6 Å². The molecule has 0 aliphatic heterocycles. The predicted molar refractivity (Wildman–Crippen MR) is 85.7 cm³/mol. The highest BCUT2D eigenvalue weighted by Crippen LogP contribution is 2.39. The fourth-order valence-corrected chi connectivity index (χ4v) is 2.84. The molecule has 0 aliphatic rings. The highest BCUT2D eigenvalue weighted by atomic mass is 35.5. The van der Waals surface area contributed by atoms with E-state index >= 15 is 0 Å². The number of aromatic nitrogens is 5. The van der Waals surface area contributed by atoms with Crippen molar-refractivity contribution < 1.29 is 13.9 Å². The molecule has 2 heterocycles. The molecule has 9 heteroatoms. The molecule has 0 aliphatic carbocycles. The van der Waals surface area contributed by atoms with Crippen LogP contribution in [0.15, 0.2) is 43.2 Å². The van der Waals surface area contributed by atoms with Gasteiger partial charge in [0.2, 0.25) is 0 Å². The molecule has 2 aromatic heterocycles. The molecule has 6 nitrogen and oxygen atoms in total. The van der Waals surface area contributed by atoms with Crippen LogP contribution in [0.2, 0.25) is 5.15 Å². The van der Waals surface area contributed by atoms with Gasteiger partial charge in [-0.25, -0.2) is 28.4 Å². The van der Waals surface area contributed by atoms with E-state index in [4.69, 9.17) is 11.6 Å². The fraction of sp³-hybridized carbons (Fsp3) is 0.250. The van der Waals surface area contributed by atoms with Crippen LogP contribution in [0, 0.1) is 11.6 Å². The summed E-state index contributed by atoms with van der Waals surface area (Å²) in [6.07, 6.45) is 3.95. The Bertz CT molecular complexity index is 877. The van der Waals surface area contributed by atoms with E-state index in [2.05, 4.69) is 20.1 Å². The Morgan fingerprint density at radius 3 is 2.68 bits per heavy atom. The van der Waals surface area contributed by atoms with E-state index in [-0.39, 0.29) is 17.3 Å². The third kappa shape index (κ3) is 3.49. The molecule has 3 aromatic rings. The third-order valence-electron chi connectivity index (χ3n) is 4.08. The van der Waals surface area contributed by atoms with Crippen molar-refractivity contribution in [3.8, 4) is 0 Å². The van der Waals surface area contributed by atoms with E-state index in [0.29, 0.717) is 5.69 Å². The van der Waals surface area contributed by atoms with Gasteiger partial charge in [0.25, 0.3) is 0 Å². The van der Waals surface area contributed by atoms with Gasteiger partial charge in [0, 0.05) is 17.5 Å². The molecule has 1 aromatic carbocycles. The number of rotatable bonds is 5. The lowest BCUT2D eigenvalue weighted by Gasteiger charge is -2.34. The molecule has 130 valence electrons. The zero-order valence-corrected chi connectivity index (χ0v) is 13.9. The van der Waals surface area contributed by atoms with Gasteiger partial charge in [-0.2, -0.15) is 5.10 Å². The maximum atomic E-state index is 14.4. The highest BCUT2D eigenvalue weighted by molar-refractivity contribution is 6.29. The quantitative estimate of drug-likeness (QED) is 0.703. The summed E-state index contributed by atoms with van der Waals surface area (Å²) < 4.78 is 29.1. The molecule has 2 atom stereocenters. The van der Waals surface area contributed by atoms with Crippen molar-refractivity contribution in [2.24, 2.45) is 0 Å². The van der Waals surface area contributed by atoms with Crippen molar-refractivity contribution >= 4 is 11.6 Å². The minimum atomic E-state index is -1.77. The Balaban J connectivity index is 2.11. The molecule has 1 N–H and O–H groups in total. The molecule has 0 bridgehead atoms. The van der Waals surface area contributed by atoms with Crippen molar-refractivity contribution in [2.45, 2.75) is 25.0 Å². The van der Waals surface area contributed by atoms with Crippen LogP contribution < -0.4 is 0 Å². The maximum absolute atomic E-state index is 14.4. The van der Waals surface area contributed by atoms with Crippen LogP contribution in [0.5, 0.6) is 0 Å². The smallest absolute Gasteiger partial charge is 0.137 e. The summed E-state index contributed by atoms with van der Waals surface area (Å²) in [6.45, 7) is 1.55. The topological polar surface area (TPSA) is 76.7 Å². The molecule has 0 fully saturated rings. The molecule has 3 rings (SSSR count). The SMILES string of the molecule is CC(c1cc(Cl)ncn1)C(O)(Cn1cncn1)c1ccc(F)cc1F. The van der Waals surface area contributed by atoms with E-state index in [1.165, 1.54) is 35.8 Å². The number of aliphatic hydroxyl groups is 1. The zero-order chi connectivity index (χ0) is 18.0. The molecule has 25 heavy (non-hydrogen) atoms. The van der Waals surface area contributed by atoms with Gasteiger partial charge in [0.15, 0.2) is 0 Å². The summed E-state index contributed by atoms with van der Waals surface area (Å²) in [7, 11) is 0. The van der Waals surface area contributed by atoms with Gasteiger partial charge < -0.3 is 5.11 Å². The summed E-state index contributed by atoms with van der Waals surface area (Å²) >= 11 is 5.90. The van der Waals surface area contributed by atoms with Crippen LogP contribution in [0.1, 0.15) is 24.1 Å². The Hall–Kier alpha value is -2.45. The average molecular weight is 366 g/mol. The number of halogens is 3. The van der Waals surface area contributed by atoms with Gasteiger partial charge >= 0.3 is 0 Å². The minimum Gasteiger partial charge on any atom is -0.382 e. The van der Waals surface area contributed by atoms with Gasteiger partial charge in [-0.05, 0) is 12.1 Å². The lowest BCUT2D eigenvalue weighted by Crippen LogP contribution is -2.38. The lowest BCUT2D eigenvalue weighted by atomic mass is 9.80. The van der Waals surface area contributed by atoms with E-state index in [0.717, 1.165) is 12.1 Å². The number of hydrogen-bond donors (Lipinski definition) is 1. The van der Waals surface area contributed by atoms with E-state index in [1.54, 1.807) is 6.92 Å². The normalized spacial score (nSPS) is 14.9. The average Bonchev–Trinajstić information content (AvgIpc) is 3.06. The van der Waals surface area contributed by atoms with E-state index in [9.17, 15) is 13.9 Å². The molecule has 0 radical (unpaired) electrons. The fourth-order valence-electron chi connectivity index (χ4n) is 2.69. The molecule has 0 amide bonds. The van der Waals surface area contributed by atoms with Crippen LogP contribution in [0.4, 0.5) is 8.78 Å². The summed E-state index contributed by atoms with van der Waals surface area (Å²) in [5, 5.41) is 15.5. The lowest BCUT2D eigenvalue weighted by molar-refractivity contribution is -0.0123. The van der Waals surface area contributed by atoms with E-state index in [1.807, 2.05) is 0 Å². The highest BCUT2D eigenvalue weighted by Gasteiger charge is 2.40. The van der Waals surface area contributed by atoms with Gasteiger partial charge in [0.1, 0.15) is 41.4 Å². The first-order valence-corrected chi connectivity index (χ1v) is 7.75. The van der Waals surface area contributed by atoms with Gasteiger partial charge in [0.05, 0.1) is 12.2 Å². The van der Waals surface area contributed by atoms with Crippen LogP contribution >= 0.6 is 11.6 Å². The van der Waals surface area contributed by atoms with E-state index < -0.39 is 23.2 Å². The maximum Gasteiger partial charge on any atom is 0.137 e. The number of hydrogen-bond acceptors (Lipinski definition) is 5. The standard InChI is InChI=1S/C16H14ClF2N5O/c1-10(14-5-15(17)22-8-21-14)16(25,6-24-9-20-7-23-24)12-3-2-11(18)4-13(12)19/h2-5,7-10,25H,6H2,1H3. The van der Waals surface area contributed by atoms with Crippen molar-refractivity contribution in [3.63, 3.8) is 0 Å². The molecule has 0 saturated heterocycles. The van der Waals surface area contributed by atoms with Crippen LogP contribution in [-0.2, 0) is 12.1 Å². The Labute approximate surface area is 147 Å². The van der Waals surface area contributed by atoms with Crippen molar-refractivity contribution in [3.05, 3.63) is 71.3 Å². The third-order valence-corrected chi connectivity index (χ3v) is 4.29. The van der Waals surface area contributed by atoms with Crippen LogP contribution in [0.25, 0.3) is 0 Å². The first-order chi connectivity index (χ1) is 11.9. The number of nitrogens with zero attached hydrogens (tertiary/aromatic N) is 5. The Morgan fingerprint density at radius 2 is 2.04 bits per heavy atom. The molecule has 2 unspecified atom stereocenters. The van der Waals surface area contributed by atoms with Crippen molar-refractivity contribution in [1.29, 1.82) is 0 Å². The summed E-state index contributed by atoms with van der Waals surface area (Å²) in [6, 6.07) is 4.51. The zero-order valence-electron chi connectivity index (χ0n) is 13.1. The number of benzene rings is 1. The molecular formula is C16H14ClF2N5O.